The number of likely N-dealkylation sites (tertiary alicyclic amines) is 2. The van der Waals surface area contributed by atoms with Gasteiger partial charge in [-0.05, 0) is 49.5 Å². The first-order valence-corrected chi connectivity index (χ1v) is 10.5. The van der Waals surface area contributed by atoms with Gasteiger partial charge in [0.2, 0.25) is 5.91 Å². The molecular weight excluding hydrogens is 348 g/mol. The summed E-state index contributed by atoms with van der Waals surface area (Å²) in [6, 6.07) is 2.07. The van der Waals surface area contributed by atoms with Gasteiger partial charge in [-0.3, -0.25) is 9.59 Å². The summed E-state index contributed by atoms with van der Waals surface area (Å²) in [7, 11) is 0. The van der Waals surface area contributed by atoms with Gasteiger partial charge in [-0.2, -0.15) is 0 Å². The van der Waals surface area contributed by atoms with E-state index in [1.54, 1.807) is 16.2 Å². The molecular formula is C20H30N2O3S. The minimum atomic E-state index is -0.408. The third-order valence-corrected chi connectivity index (χ3v) is 6.97. The number of aliphatic hydroxyl groups is 1. The average molecular weight is 379 g/mol. The SMILES string of the molecule is CC1(C)CCCN(C(=O)c2csc(C3CCN(C(=O)CO)CC3)c2)CC1. The summed E-state index contributed by atoms with van der Waals surface area (Å²) >= 11 is 1.67. The number of amides is 2. The lowest BCUT2D eigenvalue weighted by Gasteiger charge is -2.31. The highest BCUT2D eigenvalue weighted by atomic mass is 32.1. The lowest BCUT2D eigenvalue weighted by molar-refractivity contribution is -0.135. The van der Waals surface area contributed by atoms with Crippen LogP contribution in [0.1, 0.15) is 67.1 Å². The molecule has 3 rings (SSSR count). The Kier molecular flexibility index (Phi) is 6.03. The Hall–Kier alpha value is -1.40. The first-order chi connectivity index (χ1) is 12.4. The number of hydrogen-bond donors (Lipinski definition) is 1. The predicted molar refractivity (Wildman–Crippen MR) is 103 cm³/mol. The van der Waals surface area contributed by atoms with Crippen LogP contribution in [0.3, 0.4) is 0 Å². The van der Waals surface area contributed by atoms with E-state index in [0.29, 0.717) is 24.4 Å². The number of rotatable bonds is 3. The molecule has 6 heteroatoms. The largest absolute Gasteiger partial charge is 0.387 e. The molecule has 1 N–H and O–H groups in total. The predicted octanol–water partition coefficient (Wildman–Crippen LogP) is 3.10. The molecule has 5 nitrogen and oxygen atoms in total. The van der Waals surface area contributed by atoms with Crippen molar-refractivity contribution in [3.05, 3.63) is 21.9 Å². The van der Waals surface area contributed by atoms with Crippen molar-refractivity contribution >= 4 is 23.2 Å². The molecule has 1 aromatic heterocycles. The zero-order chi connectivity index (χ0) is 18.7. The van der Waals surface area contributed by atoms with E-state index in [-0.39, 0.29) is 11.8 Å². The molecule has 0 spiro atoms. The van der Waals surface area contributed by atoms with Crippen molar-refractivity contribution in [3.63, 3.8) is 0 Å². The summed E-state index contributed by atoms with van der Waals surface area (Å²) in [6.45, 7) is 7.25. The highest BCUT2D eigenvalue weighted by molar-refractivity contribution is 7.10. The van der Waals surface area contributed by atoms with Crippen LogP contribution < -0.4 is 0 Å². The van der Waals surface area contributed by atoms with Gasteiger partial charge in [-0.15, -0.1) is 11.3 Å². The van der Waals surface area contributed by atoms with E-state index in [2.05, 4.69) is 19.9 Å². The number of carbonyl (C=O) groups excluding carboxylic acids is 2. The molecule has 26 heavy (non-hydrogen) atoms. The minimum Gasteiger partial charge on any atom is -0.387 e. The van der Waals surface area contributed by atoms with E-state index < -0.39 is 6.61 Å². The van der Waals surface area contributed by atoms with Crippen molar-refractivity contribution in [1.29, 1.82) is 0 Å². The van der Waals surface area contributed by atoms with E-state index in [1.165, 1.54) is 11.3 Å². The zero-order valence-corrected chi connectivity index (χ0v) is 16.7. The van der Waals surface area contributed by atoms with Crippen LogP contribution in [0.25, 0.3) is 0 Å². The molecule has 2 saturated heterocycles. The standard InChI is InChI=1S/C20H30N2O3S/c1-20(2)6-3-8-22(11-7-20)19(25)16-12-17(26-14-16)15-4-9-21(10-5-15)18(24)13-23/h12,14-15,23H,3-11,13H2,1-2H3. The Labute approximate surface area is 160 Å². The molecule has 2 amide bonds. The van der Waals surface area contributed by atoms with Crippen LogP contribution >= 0.6 is 11.3 Å². The third-order valence-electron chi connectivity index (χ3n) is 5.88. The normalized spacial score (nSPS) is 21.5. The molecule has 1 aromatic rings. The van der Waals surface area contributed by atoms with Gasteiger partial charge in [-0.1, -0.05) is 13.8 Å². The summed E-state index contributed by atoms with van der Waals surface area (Å²) < 4.78 is 0. The maximum absolute atomic E-state index is 12.9. The highest BCUT2D eigenvalue weighted by Crippen LogP contribution is 2.34. The van der Waals surface area contributed by atoms with Gasteiger partial charge in [0.25, 0.3) is 5.91 Å². The van der Waals surface area contributed by atoms with Crippen LogP contribution in [0.2, 0.25) is 0 Å². The Morgan fingerprint density at radius 3 is 2.58 bits per heavy atom. The molecule has 0 bridgehead atoms. The van der Waals surface area contributed by atoms with Crippen LogP contribution in [0, 0.1) is 5.41 Å². The number of piperidine rings is 1. The number of hydrogen-bond acceptors (Lipinski definition) is 4. The third kappa shape index (κ3) is 4.46. The number of nitrogens with zero attached hydrogens (tertiary/aromatic N) is 2. The van der Waals surface area contributed by atoms with Gasteiger partial charge in [0.1, 0.15) is 6.61 Å². The van der Waals surface area contributed by atoms with Crippen LogP contribution in [0.4, 0.5) is 0 Å². The van der Waals surface area contributed by atoms with E-state index in [0.717, 1.165) is 44.3 Å². The Balaban J connectivity index is 1.59. The first-order valence-electron chi connectivity index (χ1n) is 9.66. The van der Waals surface area contributed by atoms with Crippen LogP contribution in [0.15, 0.2) is 11.4 Å². The molecule has 0 unspecified atom stereocenters. The second kappa shape index (κ2) is 8.09. The van der Waals surface area contributed by atoms with Gasteiger partial charge in [0, 0.05) is 36.4 Å². The summed E-state index contributed by atoms with van der Waals surface area (Å²) in [6.07, 6.45) is 5.12. The fourth-order valence-electron chi connectivity index (χ4n) is 4.00. The molecule has 3 heterocycles. The molecule has 144 valence electrons. The summed E-state index contributed by atoms with van der Waals surface area (Å²) in [5, 5.41) is 11.0. The van der Waals surface area contributed by atoms with E-state index in [4.69, 9.17) is 5.11 Å². The quantitative estimate of drug-likeness (QED) is 0.879. The van der Waals surface area contributed by atoms with Gasteiger partial charge in [-0.25, -0.2) is 0 Å². The molecule has 2 aliphatic heterocycles. The van der Waals surface area contributed by atoms with Crippen molar-refractivity contribution < 1.29 is 14.7 Å². The number of thiophene rings is 1. The zero-order valence-electron chi connectivity index (χ0n) is 15.9. The molecule has 0 aromatic carbocycles. The van der Waals surface area contributed by atoms with Crippen LogP contribution in [0.5, 0.6) is 0 Å². The smallest absolute Gasteiger partial charge is 0.254 e. The maximum atomic E-state index is 12.9. The molecule has 2 fully saturated rings. The van der Waals surface area contributed by atoms with Gasteiger partial charge in [0.15, 0.2) is 0 Å². The fraction of sp³-hybridized carbons (Fsp3) is 0.700. The number of aliphatic hydroxyl groups excluding tert-OH is 1. The molecule has 0 saturated carbocycles. The highest BCUT2D eigenvalue weighted by Gasteiger charge is 2.28. The van der Waals surface area contributed by atoms with E-state index >= 15 is 0 Å². The summed E-state index contributed by atoms with van der Waals surface area (Å²) in [5.41, 5.74) is 1.15. The molecule has 0 aliphatic carbocycles. The first kappa shape index (κ1) is 19.4. The summed E-state index contributed by atoms with van der Waals surface area (Å²) in [5.74, 6) is 0.389. The van der Waals surface area contributed by atoms with E-state index in [1.807, 2.05) is 10.3 Å². The molecule has 0 atom stereocenters. The fourth-order valence-corrected chi connectivity index (χ4v) is 5.06. The Morgan fingerprint density at radius 1 is 1.15 bits per heavy atom. The van der Waals surface area contributed by atoms with Crippen LogP contribution in [-0.4, -0.2) is 59.5 Å². The van der Waals surface area contributed by atoms with Gasteiger partial charge < -0.3 is 14.9 Å². The Bertz CT molecular complexity index is 647. The average Bonchev–Trinajstić information content (AvgIpc) is 3.06. The van der Waals surface area contributed by atoms with Crippen molar-refractivity contribution in [2.24, 2.45) is 5.41 Å². The summed E-state index contributed by atoms with van der Waals surface area (Å²) in [4.78, 5) is 29.5. The topological polar surface area (TPSA) is 60.9 Å². The van der Waals surface area contributed by atoms with Gasteiger partial charge in [0.05, 0.1) is 5.56 Å². The molecule has 0 radical (unpaired) electrons. The minimum absolute atomic E-state index is 0.165. The Morgan fingerprint density at radius 2 is 1.88 bits per heavy atom. The van der Waals surface area contributed by atoms with Crippen LogP contribution in [-0.2, 0) is 4.79 Å². The lowest BCUT2D eigenvalue weighted by atomic mass is 9.85. The monoisotopic (exact) mass is 378 g/mol. The maximum Gasteiger partial charge on any atom is 0.254 e. The van der Waals surface area contributed by atoms with Crippen molar-refractivity contribution in [1.82, 2.24) is 9.80 Å². The lowest BCUT2D eigenvalue weighted by Crippen LogP contribution is -2.39. The van der Waals surface area contributed by atoms with Crippen molar-refractivity contribution in [2.75, 3.05) is 32.8 Å². The second-order valence-corrected chi connectivity index (χ2v) is 9.30. The number of carbonyl (C=O) groups is 2. The second-order valence-electron chi connectivity index (χ2n) is 8.36. The van der Waals surface area contributed by atoms with Crippen molar-refractivity contribution in [3.8, 4) is 0 Å². The van der Waals surface area contributed by atoms with Crippen molar-refractivity contribution in [2.45, 2.75) is 51.9 Å². The van der Waals surface area contributed by atoms with Gasteiger partial charge >= 0.3 is 0 Å². The van der Waals surface area contributed by atoms with E-state index in [9.17, 15) is 9.59 Å². The molecule has 2 aliphatic rings.